The van der Waals surface area contributed by atoms with Gasteiger partial charge in [-0.25, -0.2) is 5.43 Å². The van der Waals surface area contributed by atoms with Gasteiger partial charge >= 0.3 is 0 Å². The molecule has 5 N–H and O–H groups in total. The number of nitrogens with one attached hydrogen (secondary N) is 1. The van der Waals surface area contributed by atoms with Crippen LogP contribution >= 0.6 is 0 Å². The van der Waals surface area contributed by atoms with Crippen molar-refractivity contribution in [3.05, 3.63) is 60.2 Å². The predicted molar refractivity (Wildman–Crippen MR) is 66.1 cm³/mol. The Labute approximate surface area is 95.1 Å². The Morgan fingerprint density at radius 2 is 1.56 bits per heavy atom. The minimum atomic E-state index is -0.330. The predicted octanol–water partition coefficient (Wildman–Crippen LogP) is 1.77. The zero-order valence-corrected chi connectivity index (χ0v) is 8.93. The SMILES string of the molecule is NNC(N)c1cccc(-c2ccccc2)c1. The van der Waals surface area contributed by atoms with Gasteiger partial charge < -0.3 is 5.73 Å². The topological polar surface area (TPSA) is 64.1 Å². The molecule has 0 saturated heterocycles. The second kappa shape index (κ2) is 4.90. The standard InChI is InChI=1S/C13H15N3/c14-13(16-15)12-8-4-7-11(9-12)10-5-2-1-3-6-10/h1-9,13,16H,14-15H2. The Morgan fingerprint density at radius 3 is 2.25 bits per heavy atom. The number of benzene rings is 2. The molecule has 0 aliphatic heterocycles. The largest absolute Gasteiger partial charge is 0.311 e. The smallest absolute Gasteiger partial charge is 0.0936 e. The van der Waals surface area contributed by atoms with E-state index in [4.69, 9.17) is 11.6 Å². The minimum Gasteiger partial charge on any atom is -0.311 e. The van der Waals surface area contributed by atoms with Crippen molar-refractivity contribution < 1.29 is 0 Å². The Morgan fingerprint density at radius 1 is 0.875 bits per heavy atom. The number of hydrogen-bond acceptors (Lipinski definition) is 3. The summed E-state index contributed by atoms with van der Waals surface area (Å²) in [4.78, 5) is 0. The number of hydrogen-bond donors (Lipinski definition) is 3. The van der Waals surface area contributed by atoms with Gasteiger partial charge in [-0.3, -0.25) is 5.84 Å². The van der Waals surface area contributed by atoms with Crippen LogP contribution in [-0.4, -0.2) is 0 Å². The summed E-state index contributed by atoms with van der Waals surface area (Å²) in [5.41, 5.74) is 11.6. The van der Waals surface area contributed by atoms with Gasteiger partial charge in [0.15, 0.2) is 0 Å². The van der Waals surface area contributed by atoms with Crippen LogP contribution in [0.25, 0.3) is 11.1 Å². The summed E-state index contributed by atoms with van der Waals surface area (Å²) >= 11 is 0. The molecule has 0 aromatic heterocycles. The molecule has 0 saturated carbocycles. The molecule has 2 aromatic rings. The van der Waals surface area contributed by atoms with Gasteiger partial charge in [-0.15, -0.1) is 0 Å². The summed E-state index contributed by atoms with van der Waals surface area (Å²) in [6.45, 7) is 0. The summed E-state index contributed by atoms with van der Waals surface area (Å²) in [6.07, 6.45) is -0.330. The maximum Gasteiger partial charge on any atom is 0.0936 e. The lowest BCUT2D eigenvalue weighted by Gasteiger charge is -2.11. The Balaban J connectivity index is 2.36. The first-order valence-corrected chi connectivity index (χ1v) is 5.18. The van der Waals surface area contributed by atoms with Gasteiger partial charge in [0.2, 0.25) is 0 Å². The lowest BCUT2D eigenvalue weighted by Crippen LogP contribution is -2.34. The van der Waals surface area contributed by atoms with Gasteiger partial charge in [-0.1, -0.05) is 48.5 Å². The third-order valence-electron chi connectivity index (χ3n) is 2.53. The van der Waals surface area contributed by atoms with Crippen LogP contribution in [0.5, 0.6) is 0 Å². The molecule has 0 bridgehead atoms. The Hall–Kier alpha value is -1.68. The van der Waals surface area contributed by atoms with Crippen LogP contribution in [0.4, 0.5) is 0 Å². The van der Waals surface area contributed by atoms with Gasteiger partial charge in [-0.2, -0.15) is 0 Å². The van der Waals surface area contributed by atoms with Crippen LogP contribution in [0.2, 0.25) is 0 Å². The fourth-order valence-electron chi connectivity index (χ4n) is 1.64. The van der Waals surface area contributed by atoms with Crippen LogP contribution in [0.1, 0.15) is 11.7 Å². The molecule has 0 fully saturated rings. The molecular weight excluding hydrogens is 198 g/mol. The molecule has 0 spiro atoms. The molecule has 2 rings (SSSR count). The van der Waals surface area contributed by atoms with Crippen molar-refractivity contribution in [1.82, 2.24) is 5.43 Å². The first-order valence-electron chi connectivity index (χ1n) is 5.18. The van der Waals surface area contributed by atoms with Crippen LogP contribution in [0.15, 0.2) is 54.6 Å². The molecule has 3 heteroatoms. The van der Waals surface area contributed by atoms with E-state index >= 15 is 0 Å². The fourth-order valence-corrected chi connectivity index (χ4v) is 1.64. The summed E-state index contributed by atoms with van der Waals surface area (Å²) in [5.74, 6) is 5.32. The van der Waals surface area contributed by atoms with Crippen molar-refractivity contribution in [3.63, 3.8) is 0 Å². The second-order valence-electron chi connectivity index (χ2n) is 3.64. The van der Waals surface area contributed by atoms with Crippen molar-refractivity contribution in [2.24, 2.45) is 11.6 Å². The molecule has 0 aliphatic rings. The van der Waals surface area contributed by atoms with E-state index in [1.54, 1.807) is 0 Å². The molecule has 0 aliphatic carbocycles. The molecule has 1 unspecified atom stereocenters. The van der Waals surface area contributed by atoms with Gasteiger partial charge in [-0.05, 0) is 22.8 Å². The quantitative estimate of drug-likeness (QED) is 0.413. The van der Waals surface area contributed by atoms with E-state index in [0.717, 1.165) is 11.1 Å². The number of nitrogens with two attached hydrogens (primary N) is 2. The van der Waals surface area contributed by atoms with Crippen molar-refractivity contribution in [1.29, 1.82) is 0 Å². The fraction of sp³-hybridized carbons (Fsp3) is 0.0769. The van der Waals surface area contributed by atoms with Crippen LogP contribution < -0.4 is 17.0 Å². The first-order chi connectivity index (χ1) is 7.81. The van der Waals surface area contributed by atoms with E-state index in [1.807, 2.05) is 36.4 Å². The maximum absolute atomic E-state index is 5.81. The summed E-state index contributed by atoms with van der Waals surface area (Å²) in [6, 6.07) is 18.2. The monoisotopic (exact) mass is 213 g/mol. The highest BCUT2D eigenvalue weighted by Gasteiger charge is 2.04. The summed E-state index contributed by atoms with van der Waals surface area (Å²) < 4.78 is 0. The van der Waals surface area contributed by atoms with Crippen molar-refractivity contribution in [2.75, 3.05) is 0 Å². The van der Waals surface area contributed by atoms with E-state index in [1.165, 1.54) is 5.56 Å². The number of hydrazine groups is 1. The van der Waals surface area contributed by atoms with Gasteiger partial charge in [0.1, 0.15) is 0 Å². The summed E-state index contributed by atoms with van der Waals surface area (Å²) in [5, 5.41) is 0. The van der Waals surface area contributed by atoms with Crippen molar-refractivity contribution >= 4 is 0 Å². The van der Waals surface area contributed by atoms with Gasteiger partial charge in [0.05, 0.1) is 6.17 Å². The van der Waals surface area contributed by atoms with E-state index in [0.29, 0.717) is 0 Å². The lowest BCUT2D eigenvalue weighted by molar-refractivity contribution is 0.577. The van der Waals surface area contributed by atoms with Gasteiger partial charge in [0, 0.05) is 0 Å². The first kappa shape index (κ1) is 10.8. The van der Waals surface area contributed by atoms with Crippen LogP contribution in [0, 0.1) is 0 Å². The molecule has 2 aromatic carbocycles. The second-order valence-corrected chi connectivity index (χ2v) is 3.64. The normalized spacial score (nSPS) is 12.4. The molecule has 0 amide bonds. The highest BCUT2D eigenvalue weighted by molar-refractivity contribution is 5.64. The molecular formula is C13H15N3. The highest BCUT2D eigenvalue weighted by Crippen LogP contribution is 2.21. The maximum atomic E-state index is 5.81. The van der Waals surface area contributed by atoms with Crippen LogP contribution in [0.3, 0.4) is 0 Å². The van der Waals surface area contributed by atoms with E-state index in [2.05, 4.69) is 23.6 Å². The van der Waals surface area contributed by atoms with E-state index in [9.17, 15) is 0 Å². The summed E-state index contributed by atoms with van der Waals surface area (Å²) in [7, 11) is 0. The lowest BCUT2D eigenvalue weighted by atomic mass is 10.0. The molecule has 16 heavy (non-hydrogen) atoms. The third-order valence-corrected chi connectivity index (χ3v) is 2.53. The number of rotatable bonds is 3. The van der Waals surface area contributed by atoms with Crippen molar-refractivity contribution in [2.45, 2.75) is 6.17 Å². The minimum absolute atomic E-state index is 0.330. The zero-order chi connectivity index (χ0) is 11.4. The van der Waals surface area contributed by atoms with Crippen molar-refractivity contribution in [3.8, 4) is 11.1 Å². The Bertz CT molecular complexity index is 454. The highest BCUT2D eigenvalue weighted by atomic mass is 15.3. The van der Waals surface area contributed by atoms with Gasteiger partial charge in [0.25, 0.3) is 0 Å². The average molecular weight is 213 g/mol. The molecule has 3 nitrogen and oxygen atoms in total. The zero-order valence-electron chi connectivity index (χ0n) is 8.93. The van der Waals surface area contributed by atoms with Crippen LogP contribution in [-0.2, 0) is 0 Å². The molecule has 0 heterocycles. The average Bonchev–Trinajstić information content (AvgIpc) is 2.39. The van der Waals surface area contributed by atoms with E-state index < -0.39 is 0 Å². The van der Waals surface area contributed by atoms with E-state index in [-0.39, 0.29) is 6.17 Å². The molecule has 82 valence electrons. The molecule has 0 radical (unpaired) electrons. The molecule has 1 atom stereocenters. The third kappa shape index (κ3) is 2.28. The Kier molecular flexibility index (Phi) is 3.31.